The lowest BCUT2D eigenvalue weighted by atomic mass is 9.95. The lowest BCUT2D eigenvalue weighted by Gasteiger charge is -2.21. The Morgan fingerprint density at radius 1 is 1.00 bits per heavy atom. The van der Waals surface area contributed by atoms with Crippen molar-refractivity contribution in [2.75, 3.05) is 6.54 Å². The highest BCUT2D eigenvalue weighted by Gasteiger charge is 2.14. The molecule has 1 aromatic carbocycles. The molecular weight excluding hydrogens is 256 g/mol. The van der Waals surface area contributed by atoms with Crippen LogP contribution in [-0.2, 0) is 6.42 Å². The molecule has 2 heteroatoms. The summed E-state index contributed by atoms with van der Waals surface area (Å²) in [5.74, 6) is 0. The number of nitrogens with zero attached hydrogens (tertiary/aromatic N) is 1. The molecule has 0 aliphatic carbocycles. The van der Waals surface area contributed by atoms with Crippen molar-refractivity contribution >= 4 is 0 Å². The zero-order valence-electron chi connectivity index (χ0n) is 13.8. The van der Waals surface area contributed by atoms with Gasteiger partial charge in [-0.1, -0.05) is 42.3 Å². The number of benzene rings is 1. The second-order valence-corrected chi connectivity index (χ2v) is 5.94. The van der Waals surface area contributed by atoms with Crippen LogP contribution in [0.25, 0.3) is 0 Å². The first-order valence-electron chi connectivity index (χ1n) is 7.74. The normalized spacial score (nSPS) is 12.4. The number of pyridine rings is 1. The average Bonchev–Trinajstić information content (AvgIpc) is 2.37. The van der Waals surface area contributed by atoms with E-state index in [2.05, 4.69) is 68.3 Å². The van der Waals surface area contributed by atoms with E-state index >= 15 is 0 Å². The maximum absolute atomic E-state index is 4.61. The van der Waals surface area contributed by atoms with Crippen molar-refractivity contribution in [3.8, 4) is 0 Å². The molecule has 2 nitrogen and oxygen atoms in total. The molecule has 0 saturated carbocycles. The maximum Gasteiger partial charge on any atom is 0.0423 e. The molecule has 0 saturated heterocycles. The predicted molar refractivity (Wildman–Crippen MR) is 89.7 cm³/mol. The molecule has 0 aliphatic heterocycles. The second kappa shape index (κ2) is 6.86. The van der Waals surface area contributed by atoms with Gasteiger partial charge in [-0.05, 0) is 57.9 Å². The number of hydrogen-bond acceptors (Lipinski definition) is 2. The molecular formula is C19H26N2. The van der Waals surface area contributed by atoms with Crippen molar-refractivity contribution in [2.45, 2.75) is 47.1 Å². The van der Waals surface area contributed by atoms with Gasteiger partial charge >= 0.3 is 0 Å². The summed E-state index contributed by atoms with van der Waals surface area (Å²) in [5, 5.41) is 3.61. The van der Waals surface area contributed by atoms with Crippen LogP contribution in [-0.4, -0.2) is 11.5 Å². The molecule has 1 atom stereocenters. The van der Waals surface area contributed by atoms with Crippen LogP contribution >= 0.6 is 0 Å². The highest BCUT2D eigenvalue weighted by Crippen LogP contribution is 2.22. The van der Waals surface area contributed by atoms with E-state index in [-0.39, 0.29) is 0 Å². The molecule has 0 radical (unpaired) electrons. The van der Waals surface area contributed by atoms with Gasteiger partial charge in [0.25, 0.3) is 0 Å². The van der Waals surface area contributed by atoms with Crippen LogP contribution in [0, 0.1) is 27.7 Å². The van der Waals surface area contributed by atoms with Crippen molar-refractivity contribution in [1.29, 1.82) is 0 Å². The van der Waals surface area contributed by atoms with Crippen molar-refractivity contribution in [1.82, 2.24) is 10.3 Å². The molecule has 1 heterocycles. The van der Waals surface area contributed by atoms with Crippen LogP contribution in [0.15, 0.2) is 30.3 Å². The fourth-order valence-electron chi connectivity index (χ4n) is 3.03. The molecule has 21 heavy (non-hydrogen) atoms. The molecule has 1 unspecified atom stereocenters. The van der Waals surface area contributed by atoms with E-state index in [1.165, 1.54) is 22.3 Å². The van der Waals surface area contributed by atoms with Gasteiger partial charge in [0.2, 0.25) is 0 Å². The second-order valence-electron chi connectivity index (χ2n) is 5.94. The first-order chi connectivity index (χ1) is 9.99. The first kappa shape index (κ1) is 15.7. The van der Waals surface area contributed by atoms with E-state index < -0.39 is 0 Å². The minimum absolute atomic E-state index is 0.323. The van der Waals surface area contributed by atoms with Crippen LogP contribution in [0.4, 0.5) is 0 Å². The van der Waals surface area contributed by atoms with Gasteiger partial charge in [0.1, 0.15) is 0 Å². The summed E-state index contributed by atoms with van der Waals surface area (Å²) in [6.45, 7) is 11.6. The van der Waals surface area contributed by atoms with Gasteiger partial charge in [-0.2, -0.15) is 0 Å². The summed E-state index contributed by atoms with van der Waals surface area (Å²) in [6, 6.07) is 11.4. The van der Waals surface area contributed by atoms with Crippen LogP contribution in [0.3, 0.4) is 0 Å². The summed E-state index contributed by atoms with van der Waals surface area (Å²) in [5.41, 5.74) is 7.57. The van der Waals surface area contributed by atoms with Crippen LogP contribution in [0.5, 0.6) is 0 Å². The zero-order valence-corrected chi connectivity index (χ0v) is 13.8. The van der Waals surface area contributed by atoms with E-state index in [0.717, 1.165) is 24.4 Å². The lowest BCUT2D eigenvalue weighted by molar-refractivity contribution is 0.544. The Balaban J connectivity index is 2.30. The summed E-state index contributed by atoms with van der Waals surface area (Å²) in [4.78, 5) is 4.61. The SMILES string of the molecule is CCNC(Cc1cc(C)cc(C)c1)c1ccc(C)nc1C. The van der Waals surface area contributed by atoms with Gasteiger partial charge in [-0.25, -0.2) is 0 Å². The Labute approximate surface area is 128 Å². The Bertz CT molecular complexity index is 597. The molecule has 0 bridgehead atoms. The Morgan fingerprint density at radius 3 is 2.24 bits per heavy atom. The molecule has 2 aromatic rings. The van der Waals surface area contributed by atoms with Gasteiger partial charge in [0.15, 0.2) is 0 Å². The van der Waals surface area contributed by atoms with Gasteiger partial charge in [0, 0.05) is 17.4 Å². The maximum atomic E-state index is 4.61. The van der Waals surface area contributed by atoms with E-state index in [1.54, 1.807) is 0 Å². The van der Waals surface area contributed by atoms with Gasteiger partial charge in [0.05, 0.1) is 0 Å². The first-order valence-corrected chi connectivity index (χ1v) is 7.74. The zero-order chi connectivity index (χ0) is 15.4. The molecule has 1 N–H and O–H groups in total. The largest absolute Gasteiger partial charge is 0.310 e. The van der Waals surface area contributed by atoms with Gasteiger partial charge in [-0.15, -0.1) is 0 Å². The monoisotopic (exact) mass is 282 g/mol. The third kappa shape index (κ3) is 4.15. The van der Waals surface area contributed by atoms with Crippen molar-refractivity contribution < 1.29 is 0 Å². The number of aryl methyl sites for hydroxylation is 4. The Hall–Kier alpha value is -1.67. The van der Waals surface area contributed by atoms with E-state index in [0.29, 0.717) is 6.04 Å². The Morgan fingerprint density at radius 2 is 1.67 bits per heavy atom. The van der Waals surface area contributed by atoms with Crippen LogP contribution in [0.2, 0.25) is 0 Å². The highest BCUT2D eigenvalue weighted by molar-refractivity contribution is 5.32. The molecule has 0 fully saturated rings. The molecule has 0 amide bonds. The van der Waals surface area contributed by atoms with Crippen LogP contribution < -0.4 is 5.32 Å². The van der Waals surface area contributed by atoms with Gasteiger partial charge < -0.3 is 5.32 Å². The third-order valence-corrected chi connectivity index (χ3v) is 3.81. The summed E-state index contributed by atoms with van der Waals surface area (Å²) < 4.78 is 0. The number of nitrogens with one attached hydrogen (secondary N) is 1. The molecule has 2 rings (SSSR count). The number of rotatable bonds is 5. The van der Waals surface area contributed by atoms with Crippen LogP contribution in [0.1, 0.15) is 46.6 Å². The van der Waals surface area contributed by atoms with Gasteiger partial charge in [-0.3, -0.25) is 4.98 Å². The smallest absolute Gasteiger partial charge is 0.0423 e. The molecule has 0 aliphatic rings. The minimum atomic E-state index is 0.323. The quantitative estimate of drug-likeness (QED) is 0.888. The number of aromatic nitrogens is 1. The van der Waals surface area contributed by atoms with Crippen molar-refractivity contribution in [3.63, 3.8) is 0 Å². The molecule has 0 spiro atoms. The molecule has 112 valence electrons. The number of likely N-dealkylation sites (N-methyl/N-ethyl adjacent to an activating group) is 1. The average molecular weight is 282 g/mol. The lowest BCUT2D eigenvalue weighted by Crippen LogP contribution is -2.24. The summed E-state index contributed by atoms with van der Waals surface area (Å²) in [7, 11) is 0. The van der Waals surface area contributed by atoms with E-state index in [1.807, 2.05) is 6.92 Å². The van der Waals surface area contributed by atoms with Crippen molar-refractivity contribution in [2.24, 2.45) is 0 Å². The summed E-state index contributed by atoms with van der Waals surface area (Å²) in [6.07, 6.45) is 1.00. The standard InChI is InChI=1S/C19H26N2/c1-6-20-19(18-8-7-15(4)21-16(18)5)12-17-10-13(2)9-14(3)11-17/h7-11,19-20H,6,12H2,1-5H3. The minimum Gasteiger partial charge on any atom is -0.310 e. The molecule has 1 aromatic heterocycles. The fraction of sp³-hybridized carbons (Fsp3) is 0.421. The topological polar surface area (TPSA) is 24.9 Å². The highest BCUT2D eigenvalue weighted by atomic mass is 14.9. The fourth-order valence-corrected chi connectivity index (χ4v) is 3.03. The predicted octanol–water partition coefficient (Wildman–Crippen LogP) is 4.21. The van der Waals surface area contributed by atoms with E-state index in [4.69, 9.17) is 0 Å². The Kier molecular flexibility index (Phi) is 5.13. The van der Waals surface area contributed by atoms with E-state index in [9.17, 15) is 0 Å². The van der Waals surface area contributed by atoms with Crippen molar-refractivity contribution in [3.05, 3.63) is 64.0 Å². The summed E-state index contributed by atoms with van der Waals surface area (Å²) >= 11 is 0. The number of hydrogen-bond donors (Lipinski definition) is 1. The third-order valence-electron chi connectivity index (χ3n) is 3.81.